The minimum Gasteiger partial charge on any atom is -0.496 e. The minimum atomic E-state index is -0.635. The van der Waals surface area contributed by atoms with E-state index in [4.69, 9.17) is 9.47 Å². The summed E-state index contributed by atoms with van der Waals surface area (Å²) in [5.41, 5.74) is 0.840. The third-order valence-corrected chi connectivity index (χ3v) is 6.68. The van der Waals surface area contributed by atoms with E-state index in [-0.39, 0.29) is 17.8 Å². The van der Waals surface area contributed by atoms with Crippen molar-refractivity contribution in [3.05, 3.63) is 29.3 Å². The molecule has 3 aliphatic rings. The summed E-state index contributed by atoms with van der Waals surface area (Å²) >= 11 is 0. The first-order valence-electron chi connectivity index (χ1n) is 10.4. The Balaban J connectivity index is 1.40. The maximum Gasteiger partial charge on any atom is 0.339 e. The number of likely N-dealkylation sites (tertiary alicyclic amines) is 1. The number of ether oxygens (including phenoxy) is 2. The van der Waals surface area contributed by atoms with Gasteiger partial charge < -0.3 is 19.3 Å². The minimum absolute atomic E-state index is 0.00617. The quantitative estimate of drug-likeness (QED) is 0.729. The van der Waals surface area contributed by atoms with Crippen LogP contribution in [0.2, 0.25) is 0 Å². The van der Waals surface area contributed by atoms with Gasteiger partial charge >= 0.3 is 5.97 Å². The smallest absolute Gasteiger partial charge is 0.339 e. The number of carbonyl (C=O) groups is 2. The largest absolute Gasteiger partial charge is 0.496 e. The lowest BCUT2D eigenvalue weighted by Gasteiger charge is -2.37. The average molecular weight is 386 g/mol. The standard InChI is InChI=1S/C22H30N2O4/c1-23(14-15-24-12-3-4-13-24)20(25)16-8-10-22(11-9-16)19-17(21(26)28-22)6-5-7-18(19)27-2/h5-7,16H,3-4,8-15H2,1-2H3. The number of esters is 1. The van der Waals surface area contributed by atoms with Crippen molar-refractivity contribution in [2.75, 3.05) is 40.3 Å². The van der Waals surface area contributed by atoms with Crippen LogP contribution >= 0.6 is 0 Å². The van der Waals surface area contributed by atoms with Crippen LogP contribution in [0.25, 0.3) is 0 Å². The Labute approximate surface area is 166 Å². The molecule has 1 saturated carbocycles. The van der Waals surface area contributed by atoms with Crippen molar-refractivity contribution in [1.82, 2.24) is 9.80 Å². The number of benzene rings is 1. The van der Waals surface area contributed by atoms with Crippen molar-refractivity contribution in [3.63, 3.8) is 0 Å². The summed E-state index contributed by atoms with van der Waals surface area (Å²) < 4.78 is 11.4. The zero-order chi connectivity index (χ0) is 19.7. The van der Waals surface area contributed by atoms with E-state index in [9.17, 15) is 9.59 Å². The molecular weight excluding hydrogens is 356 g/mol. The van der Waals surface area contributed by atoms with Gasteiger partial charge in [0, 0.05) is 26.1 Å². The molecule has 1 amide bonds. The molecule has 0 N–H and O–H groups in total. The van der Waals surface area contributed by atoms with Crippen LogP contribution in [0.1, 0.15) is 54.4 Å². The molecule has 2 fully saturated rings. The fraction of sp³-hybridized carbons (Fsp3) is 0.636. The third kappa shape index (κ3) is 3.39. The Kier molecular flexibility index (Phi) is 5.32. The second-order valence-corrected chi connectivity index (χ2v) is 8.35. The maximum absolute atomic E-state index is 12.9. The zero-order valence-electron chi connectivity index (χ0n) is 16.9. The fourth-order valence-electron chi connectivity index (χ4n) is 5.03. The highest BCUT2D eigenvalue weighted by molar-refractivity contribution is 5.96. The molecule has 0 atom stereocenters. The van der Waals surface area contributed by atoms with Crippen LogP contribution in [-0.4, -0.2) is 62.0 Å². The fourth-order valence-corrected chi connectivity index (χ4v) is 5.03. The monoisotopic (exact) mass is 386 g/mol. The summed E-state index contributed by atoms with van der Waals surface area (Å²) in [6, 6.07) is 5.51. The first kappa shape index (κ1) is 19.2. The highest BCUT2D eigenvalue weighted by Gasteiger charge is 2.50. The van der Waals surface area contributed by atoms with Crippen LogP contribution in [0.4, 0.5) is 0 Å². The van der Waals surface area contributed by atoms with Gasteiger partial charge in [0.15, 0.2) is 0 Å². The van der Waals surface area contributed by atoms with Gasteiger partial charge in [-0.25, -0.2) is 4.79 Å². The molecular formula is C22H30N2O4. The predicted molar refractivity (Wildman–Crippen MR) is 105 cm³/mol. The van der Waals surface area contributed by atoms with Gasteiger partial charge in [-0.2, -0.15) is 0 Å². The molecule has 1 spiro atoms. The van der Waals surface area contributed by atoms with Gasteiger partial charge in [0.1, 0.15) is 11.4 Å². The van der Waals surface area contributed by atoms with E-state index in [0.29, 0.717) is 24.2 Å². The summed E-state index contributed by atoms with van der Waals surface area (Å²) in [5, 5.41) is 0. The number of rotatable bonds is 5. The Morgan fingerprint density at radius 3 is 2.68 bits per heavy atom. The van der Waals surface area contributed by atoms with Crippen LogP contribution in [-0.2, 0) is 15.1 Å². The number of hydrogen-bond donors (Lipinski definition) is 0. The molecule has 4 rings (SSSR count). The molecule has 0 aromatic heterocycles. The van der Waals surface area contributed by atoms with Crippen LogP contribution in [0.5, 0.6) is 5.75 Å². The molecule has 0 bridgehead atoms. The van der Waals surface area contributed by atoms with Gasteiger partial charge in [-0.15, -0.1) is 0 Å². The number of amides is 1. The summed E-state index contributed by atoms with van der Waals surface area (Å²) in [5.74, 6) is 0.655. The van der Waals surface area contributed by atoms with Crippen molar-refractivity contribution < 1.29 is 19.1 Å². The Morgan fingerprint density at radius 2 is 2.00 bits per heavy atom. The van der Waals surface area contributed by atoms with E-state index < -0.39 is 5.60 Å². The first-order chi connectivity index (χ1) is 13.5. The van der Waals surface area contributed by atoms with E-state index in [0.717, 1.165) is 44.6 Å². The number of methoxy groups -OCH3 is 1. The van der Waals surface area contributed by atoms with Gasteiger partial charge in [0.05, 0.1) is 18.2 Å². The Bertz CT molecular complexity index is 749. The van der Waals surface area contributed by atoms with Crippen LogP contribution in [0, 0.1) is 5.92 Å². The van der Waals surface area contributed by atoms with Gasteiger partial charge in [-0.3, -0.25) is 4.79 Å². The normalized spacial score (nSPS) is 26.9. The Hall–Kier alpha value is -2.08. The number of likely N-dealkylation sites (N-methyl/N-ethyl adjacent to an activating group) is 1. The van der Waals surface area contributed by atoms with E-state index in [1.165, 1.54) is 12.8 Å². The van der Waals surface area contributed by atoms with Gasteiger partial charge in [0.25, 0.3) is 0 Å². The highest BCUT2D eigenvalue weighted by atomic mass is 16.6. The zero-order valence-corrected chi connectivity index (χ0v) is 16.9. The van der Waals surface area contributed by atoms with E-state index in [1.807, 2.05) is 24.1 Å². The molecule has 0 unspecified atom stereocenters. The lowest BCUT2D eigenvalue weighted by molar-refractivity contribution is -0.137. The molecule has 6 nitrogen and oxygen atoms in total. The predicted octanol–water partition coefficient (Wildman–Crippen LogP) is 2.81. The van der Waals surface area contributed by atoms with Crippen molar-refractivity contribution >= 4 is 11.9 Å². The first-order valence-corrected chi connectivity index (χ1v) is 10.4. The molecule has 2 aliphatic heterocycles. The second kappa shape index (κ2) is 7.74. The van der Waals surface area contributed by atoms with Crippen molar-refractivity contribution in [2.45, 2.75) is 44.1 Å². The van der Waals surface area contributed by atoms with Crippen LogP contribution in [0.15, 0.2) is 18.2 Å². The molecule has 1 aliphatic carbocycles. The number of fused-ring (bicyclic) bond motifs is 2. The number of nitrogens with zero attached hydrogens (tertiary/aromatic N) is 2. The molecule has 28 heavy (non-hydrogen) atoms. The molecule has 0 radical (unpaired) electrons. The third-order valence-electron chi connectivity index (χ3n) is 6.68. The van der Waals surface area contributed by atoms with Gasteiger partial charge in [-0.1, -0.05) is 6.07 Å². The lowest BCUT2D eigenvalue weighted by Crippen LogP contribution is -2.41. The lowest BCUT2D eigenvalue weighted by atomic mass is 9.74. The molecule has 6 heteroatoms. The van der Waals surface area contributed by atoms with Crippen molar-refractivity contribution in [3.8, 4) is 5.75 Å². The maximum atomic E-state index is 12.9. The number of hydrogen-bond acceptors (Lipinski definition) is 5. The van der Waals surface area contributed by atoms with E-state index in [2.05, 4.69) is 4.90 Å². The van der Waals surface area contributed by atoms with Crippen molar-refractivity contribution in [1.29, 1.82) is 0 Å². The number of carbonyl (C=O) groups excluding carboxylic acids is 2. The second-order valence-electron chi connectivity index (χ2n) is 8.35. The van der Waals surface area contributed by atoms with Gasteiger partial charge in [0.2, 0.25) is 5.91 Å². The molecule has 2 heterocycles. The van der Waals surface area contributed by atoms with Crippen LogP contribution < -0.4 is 4.74 Å². The summed E-state index contributed by atoms with van der Waals surface area (Å²) in [4.78, 5) is 29.6. The average Bonchev–Trinajstić information content (AvgIpc) is 3.33. The SMILES string of the molecule is COc1cccc2c1C1(CCC(C(=O)N(C)CCN3CCCC3)CC1)OC2=O. The van der Waals surface area contributed by atoms with Gasteiger partial charge in [-0.05, 0) is 63.7 Å². The summed E-state index contributed by atoms with van der Waals surface area (Å²) in [6.07, 6.45) is 5.35. The van der Waals surface area contributed by atoms with E-state index >= 15 is 0 Å². The van der Waals surface area contributed by atoms with E-state index in [1.54, 1.807) is 13.2 Å². The molecule has 152 valence electrons. The summed E-state index contributed by atoms with van der Waals surface area (Å²) in [6.45, 7) is 4.05. The summed E-state index contributed by atoms with van der Waals surface area (Å²) in [7, 11) is 3.54. The Morgan fingerprint density at radius 1 is 1.29 bits per heavy atom. The topological polar surface area (TPSA) is 59.1 Å². The molecule has 1 saturated heterocycles. The molecule has 1 aromatic rings. The molecule has 1 aromatic carbocycles. The highest BCUT2D eigenvalue weighted by Crippen LogP contribution is 2.51. The van der Waals surface area contributed by atoms with Crippen LogP contribution in [0.3, 0.4) is 0 Å². The van der Waals surface area contributed by atoms with Crippen molar-refractivity contribution in [2.24, 2.45) is 5.92 Å².